The van der Waals surface area contributed by atoms with Gasteiger partial charge in [0.05, 0.1) is 39.7 Å². The zero-order valence-corrected chi connectivity index (χ0v) is 31.7. The highest BCUT2D eigenvalue weighted by molar-refractivity contribution is 6.13. The lowest BCUT2D eigenvalue weighted by Gasteiger charge is -2.28. The van der Waals surface area contributed by atoms with Crippen molar-refractivity contribution in [3.63, 3.8) is 0 Å². The third-order valence-corrected chi connectivity index (χ3v) is 11.3. The zero-order valence-electron chi connectivity index (χ0n) is 31.7. The van der Waals surface area contributed by atoms with Crippen LogP contribution in [0, 0.1) is 0 Å². The standard InChI is InChI=1S/C55H37N3/c1-5-19-38(20-6-1)42-33-43(39-21-7-2-8-22-39)35-44(34-42)57-51-30-16-13-27-46(51)54-47-28-14-17-31-52(47)58(55(54)48-29-15-18-32-53(48)57)45-36-49(40-23-9-3-10-24-40)56-50(37-45)41-25-11-4-12-26-41/h1-37H. The van der Waals surface area contributed by atoms with E-state index in [9.17, 15) is 0 Å². The Hall–Kier alpha value is -7.75. The summed E-state index contributed by atoms with van der Waals surface area (Å²) in [5.41, 5.74) is 18.9. The van der Waals surface area contributed by atoms with Gasteiger partial charge in [-0.25, -0.2) is 4.98 Å². The van der Waals surface area contributed by atoms with E-state index in [0.29, 0.717) is 0 Å². The van der Waals surface area contributed by atoms with Gasteiger partial charge in [0.25, 0.3) is 0 Å². The molecule has 3 nitrogen and oxygen atoms in total. The van der Waals surface area contributed by atoms with E-state index in [2.05, 4.69) is 234 Å². The van der Waals surface area contributed by atoms with Gasteiger partial charge in [0, 0.05) is 38.9 Å². The van der Waals surface area contributed by atoms with E-state index in [0.717, 1.165) is 62.0 Å². The fourth-order valence-corrected chi connectivity index (χ4v) is 8.69. The van der Waals surface area contributed by atoms with Gasteiger partial charge in [-0.05, 0) is 70.8 Å². The molecule has 0 unspecified atom stereocenters. The predicted molar refractivity (Wildman–Crippen MR) is 242 cm³/mol. The first-order valence-corrected chi connectivity index (χ1v) is 19.8. The number of fused-ring (bicyclic) bond motifs is 7. The van der Waals surface area contributed by atoms with E-state index in [1.54, 1.807) is 0 Å². The number of aromatic nitrogens is 2. The predicted octanol–water partition coefficient (Wildman–Crippen LogP) is 14.8. The van der Waals surface area contributed by atoms with Crippen molar-refractivity contribution in [3.8, 4) is 72.8 Å². The molecule has 1 aliphatic heterocycles. The lowest BCUT2D eigenvalue weighted by atomic mass is 9.97. The van der Waals surface area contributed by atoms with Crippen LogP contribution in [0.2, 0.25) is 0 Å². The molecular weight excluding hydrogens is 703 g/mol. The molecule has 0 spiro atoms. The number of para-hydroxylation sites is 3. The van der Waals surface area contributed by atoms with E-state index in [1.165, 1.54) is 38.8 Å². The summed E-state index contributed by atoms with van der Waals surface area (Å²) in [4.78, 5) is 7.74. The van der Waals surface area contributed by atoms with Crippen LogP contribution in [0.5, 0.6) is 0 Å². The van der Waals surface area contributed by atoms with Crippen LogP contribution in [0.25, 0.3) is 83.7 Å². The van der Waals surface area contributed by atoms with Crippen molar-refractivity contribution in [1.29, 1.82) is 0 Å². The SMILES string of the molecule is c1ccc(-c2cc(-c3ccccc3)cc(N3c4ccccc4-c4c(n(-c5cc(-c6ccccc6)nc(-c6ccccc6)c5)c5ccccc45)-c4ccccc43)c2)cc1. The Kier molecular flexibility index (Phi) is 8.15. The van der Waals surface area contributed by atoms with Crippen molar-refractivity contribution in [1.82, 2.24) is 9.55 Å². The molecule has 8 aromatic carbocycles. The van der Waals surface area contributed by atoms with Gasteiger partial charge in [0.1, 0.15) is 0 Å². The van der Waals surface area contributed by atoms with E-state index in [-0.39, 0.29) is 0 Å². The maximum atomic E-state index is 5.27. The maximum Gasteiger partial charge on any atom is 0.0730 e. The van der Waals surface area contributed by atoms with E-state index >= 15 is 0 Å². The van der Waals surface area contributed by atoms with Gasteiger partial charge < -0.3 is 9.47 Å². The van der Waals surface area contributed by atoms with E-state index < -0.39 is 0 Å². The number of nitrogens with zero attached hydrogens (tertiary/aromatic N) is 3. The van der Waals surface area contributed by atoms with Crippen LogP contribution in [0.4, 0.5) is 17.1 Å². The highest BCUT2D eigenvalue weighted by Crippen LogP contribution is 2.55. The van der Waals surface area contributed by atoms with Crippen molar-refractivity contribution in [2.24, 2.45) is 0 Å². The molecule has 2 aromatic heterocycles. The minimum atomic E-state index is 0.929. The van der Waals surface area contributed by atoms with Crippen LogP contribution < -0.4 is 4.90 Å². The first kappa shape index (κ1) is 33.6. The molecule has 10 aromatic rings. The summed E-state index contributed by atoms with van der Waals surface area (Å²) < 4.78 is 2.47. The minimum Gasteiger partial charge on any atom is -0.309 e. The van der Waals surface area contributed by atoms with Crippen molar-refractivity contribution < 1.29 is 0 Å². The topological polar surface area (TPSA) is 21.1 Å². The quantitative estimate of drug-likeness (QED) is 0.169. The molecule has 0 saturated carbocycles. The molecular formula is C55H37N3. The first-order chi connectivity index (χ1) is 28.8. The Morgan fingerprint density at radius 3 is 1.34 bits per heavy atom. The lowest BCUT2D eigenvalue weighted by molar-refractivity contribution is 1.12. The highest BCUT2D eigenvalue weighted by atomic mass is 15.2. The normalized spacial score (nSPS) is 11.8. The van der Waals surface area contributed by atoms with Gasteiger partial charge in [-0.3, -0.25) is 0 Å². The van der Waals surface area contributed by atoms with Gasteiger partial charge >= 0.3 is 0 Å². The fourth-order valence-electron chi connectivity index (χ4n) is 8.69. The smallest absolute Gasteiger partial charge is 0.0730 e. The highest BCUT2D eigenvalue weighted by Gasteiger charge is 2.32. The monoisotopic (exact) mass is 739 g/mol. The molecule has 0 saturated heterocycles. The van der Waals surface area contributed by atoms with Crippen LogP contribution >= 0.6 is 0 Å². The van der Waals surface area contributed by atoms with Crippen molar-refractivity contribution >= 4 is 28.0 Å². The van der Waals surface area contributed by atoms with Crippen LogP contribution in [0.1, 0.15) is 0 Å². The second kappa shape index (κ2) is 14.1. The number of benzene rings is 8. The Balaban J connectivity index is 1.22. The summed E-state index contributed by atoms with van der Waals surface area (Å²) in [5, 5.41) is 1.20. The Bertz CT molecular complexity index is 2980. The molecule has 0 radical (unpaired) electrons. The number of hydrogen-bond acceptors (Lipinski definition) is 2. The van der Waals surface area contributed by atoms with Crippen LogP contribution in [0.3, 0.4) is 0 Å². The number of anilines is 3. The Labute approximate surface area is 338 Å². The minimum absolute atomic E-state index is 0.929. The van der Waals surface area contributed by atoms with Crippen molar-refractivity contribution in [2.45, 2.75) is 0 Å². The summed E-state index contributed by atoms with van der Waals surface area (Å²) in [6, 6.07) is 80.6. The Morgan fingerprint density at radius 1 is 0.328 bits per heavy atom. The summed E-state index contributed by atoms with van der Waals surface area (Å²) in [5.74, 6) is 0. The van der Waals surface area contributed by atoms with Crippen molar-refractivity contribution in [2.75, 3.05) is 4.90 Å². The molecule has 3 heteroatoms. The van der Waals surface area contributed by atoms with Gasteiger partial charge in [-0.2, -0.15) is 0 Å². The van der Waals surface area contributed by atoms with Gasteiger partial charge in [0.2, 0.25) is 0 Å². The van der Waals surface area contributed by atoms with Gasteiger partial charge in [0.15, 0.2) is 0 Å². The molecule has 0 aliphatic carbocycles. The third-order valence-electron chi connectivity index (χ3n) is 11.3. The van der Waals surface area contributed by atoms with Crippen LogP contribution in [-0.4, -0.2) is 9.55 Å². The first-order valence-electron chi connectivity index (χ1n) is 19.8. The number of pyridine rings is 1. The van der Waals surface area contributed by atoms with Crippen LogP contribution in [-0.2, 0) is 0 Å². The lowest BCUT2D eigenvalue weighted by Crippen LogP contribution is -2.11. The maximum absolute atomic E-state index is 5.27. The molecule has 272 valence electrons. The molecule has 58 heavy (non-hydrogen) atoms. The summed E-state index contributed by atoms with van der Waals surface area (Å²) in [7, 11) is 0. The number of rotatable bonds is 6. The largest absolute Gasteiger partial charge is 0.309 e. The zero-order chi connectivity index (χ0) is 38.4. The summed E-state index contributed by atoms with van der Waals surface area (Å²) >= 11 is 0. The second-order valence-corrected chi connectivity index (χ2v) is 14.8. The van der Waals surface area contributed by atoms with Gasteiger partial charge in [-0.1, -0.05) is 176 Å². The molecule has 0 bridgehead atoms. The van der Waals surface area contributed by atoms with E-state index in [4.69, 9.17) is 4.98 Å². The molecule has 0 amide bonds. The average Bonchev–Trinajstić information content (AvgIpc) is 3.59. The second-order valence-electron chi connectivity index (χ2n) is 14.8. The molecule has 3 heterocycles. The molecule has 0 atom stereocenters. The summed E-state index contributed by atoms with van der Waals surface area (Å²) in [6.45, 7) is 0. The van der Waals surface area contributed by atoms with Gasteiger partial charge in [-0.15, -0.1) is 0 Å². The Morgan fingerprint density at radius 2 is 0.776 bits per heavy atom. The molecule has 1 aliphatic rings. The van der Waals surface area contributed by atoms with Crippen molar-refractivity contribution in [3.05, 3.63) is 224 Å². The molecule has 0 fully saturated rings. The fraction of sp³-hybridized carbons (Fsp3) is 0. The average molecular weight is 740 g/mol. The molecule has 11 rings (SSSR count). The third kappa shape index (κ3) is 5.72. The van der Waals surface area contributed by atoms with E-state index in [1.807, 2.05) is 0 Å². The molecule has 0 N–H and O–H groups in total. The number of hydrogen-bond donors (Lipinski definition) is 0. The summed E-state index contributed by atoms with van der Waals surface area (Å²) in [6.07, 6.45) is 0. The van der Waals surface area contributed by atoms with Crippen LogP contribution in [0.15, 0.2) is 224 Å².